The zero-order valence-corrected chi connectivity index (χ0v) is 12.7. The van der Waals surface area contributed by atoms with Crippen molar-refractivity contribution in [3.63, 3.8) is 0 Å². The summed E-state index contributed by atoms with van der Waals surface area (Å²) >= 11 is 6.24. The van der Waals surface area contributed by atoms with Crippen LogP contribution in [0.3, 0.4) is 0 Å². The van der Waals surface area contributed by atoms with Crippen molar-refractivity contribution in [2.24, 2.45) is 0 Å². The Morgan fingerprint density at radius 2 is 2.00 bits per heavy atom. The van der Waals surface area contributed by atoms with E-state index >= 15 is 0 Å². The minimum atomic E-state index is -0.186. The third-order valence-electron chi connectivity index (χ3n) is 4.61. The van der Waals surface area contributed by atoms with Gasteiger partial charge < -0.3 is 10.2 Å². The number of para-hydroxylation sites is 1. The molecule has 0 radical (unpaired) electrons. The van der Waals surface area contributed by atoms with Crippen molar-refractivity contribution in [3.8, 4) is 0 Å². The molecule has 2 saturated heterocycles. The average molecular weight is 297 g/mol. The van der Waals surface area contributed by atoms with Crippen LogP contribution < -0.4 is 10.2 Å². The Balaban J connectivity index is 1.80. The highest BCUT2D eigenvalue weighted by atomic mass is 35.5. The molecule has 2 aliphatic heterocycles. The third-order valence-corrected chi connectivity index (χ3v) is 4.92. The van der Waals surface area contributed by atoms with Gasteiger partial charge in [-0.05, 0) is 50.8 Å². The van der Waals surface area contributed by atoms with E-state index in [0.29, 0.717) is 28.8 Å². The topological polar surface area (TPSA) is 15.3 Å². The molecule has 3 rings (SSSR count). The first kappa shape index (κ1) is 14.2. The van der Waals surface area contributed by atoms with Crippen LogP contribution in [-0.2, 0) is 0 Å². The van der Waals surface area contributed by atoms with E-state index in [-0.39, 0.29) is 5.82 Å². The first-order chi connectivity index (χ1) is 9.70. The number of fused-ring (bicyclic) bond motifs is 2. The predicted molar refractivity (Wildman–Crippen MR) is 82.0 cm³/mol. The second-order valence-corrected chi connectivity index (χ2v) is 6.39. The van der Waals surface area contributed by atoms with Gasteiger partial charge in [-0.3, -0.25) is 0 Å². The van der Waals surface area contributed by atoms with Gasteiger partial charge in [-0.1, -0.05) is 24.6 Å². The fourth-order valence-corrected chi connectivity index (χ4v) is 4.05. The van der Waals surface area contributed by atoms with Crippen molar-refractivity contribution in [3.05, 3.63) is 29.0 Å². The van der Waals surface area contributed by atoms with Crippen molar-refractivity contribution >= 4 is 17.3 Å². The molecule has 2 nitrogen and oxygen atoms in total. The van der Waals surface area contributed by atoms with Crippen LogP contribution in [-0.4, -0.2) is 24.7 Å². The van der Waals surface area contributed by atoms with Crippen LogP contribution in [0, 0.1) is 5.82 Å². The van der Waals surface area contributed by atoms with Gasteiger partial charge in [-0.25, -0.2) is 4.39 Å². The van der Waals surface area contributed by atoms with Gasteiger partial charge in [0.1, 0.15) is 5.82 Å². The molecule has 1 aromatic rings. The monoisotopic (exact) mass is 296 g/mol. The van der Waals surface area contributed by atoms with E-state index in [0.717, 1.165) is 38.6 Å². The summed E-state index contributed by atoms with van der Waals surface area (Å²) in [5.41, 5.74) is 0.621. The van der Waals surface area contributed by atoms with Crippen LogP contribution in [0.1, 0.15) is 39.0 Å². The summed E-state index contributed by atoms with van der Waals surface area (Å²) in [7, 11) is 0. The van der Waals surface area contributed by atoms with E-state index in [1.165, 1.54) is 6.07 Å². The Hall–Kier alpha value is -0.800. The number of hydrogen-bond donors (Lipinski definition) is 1. The smallest absolute Gasteiger partial charge is 0.148 e. The molecule has 0 spiro atoms. The Bertz CT molecular complexity index is 445. The molecule has 2 aliphatic rings. The molecule has 0 saturated carbocycles. The Kier molecular flexibility index (Phi) is 4.18. The highest BCUT2D eigenvalue weighted by molar-refractivity contribution is 6.33. The van der Waals surface area contributed by atoms with Crippen LogP contribution in [0.5, 0.6) is 0 Å². The van der Waals surface area contributed by atoms with Gasteiger partial charge in [0.2, 0.25) is 0 Å². The van der Waals surface area contributed by atoms with E-state index in [2.05, 4.69) is 17.1 Å². The fourth-order valence-electron chi connectivity index (χ4n) is 3.79. The zero-order valence-electron chi connectivity index (χ0n) is 11.9. The third kappa shape index (κ3) is 2.53. The number of hydrogen-bond acceptors (Lipinski definition) is 2. The second kappa shape index (κ2) is 5.90. The lowest BCUT2D eigenvalue weighted by atomic mass is 9.96. The van der Waals surface area contributed by atoms with E-state index < -0.39 is 0 Å². The van der Waals surface area contributed by atoms with Crippen LogP contribution >= 0.6 is 11.6 Å². The van der Waals surface area contributed by atoms with Gasteiger partial charge in [-0.15, -0.1) is 0 Å². The number of rotatable bonds is 4. The molecule has 2 atom stereocenters. The van der Waals surface area contributed by atoms with E-state index in [4.69, 9.17) is 11.6 Å². The van der Waals surface area contributed by atoms with Crippen LogP contribution in [0.4, 0.5) is 10.1 Å². The molecule has 110 valence electrons. The van der Waals surface area contributed by atoms with Gasteiger partial charge in [0.05, 0.1) is 10.7 Å². The summed E-state index contributed by atoms with van der Waals surface area (Å²) in [6, 6.07) is 6.42. The van der Waals surface area contributed by atoms with Crippen LogP contribution in [0.2, 0.25) is 5.02 Å². The average Bonchev–Trinajstić information content (AvgIpc) is 2.68. The predicted octanol–water partition coefficient (Wildman–Crippen LogP) is 3.98. The van der Waals surface area contributed by atoms with E-state index in [1.807, 2.05) is 0 Å². The molecule has 20 heavy (non-hydrogen) atoms. The second-order valence-electron chi connectivity index (χ2n) is 5.98. The molecule has 2 bridgehead atoms. The number of nitrogens with zero attached hydrogens (tertiary/aromatic N) is 1. The molecule has 0 aliphatic carbocycles. The lowest BCUT2D eigenvalue weighted by molar-refractivity contribution is 0.354. The highest BCUT2D eigenvalue weighted by Gasteiger charge is 2.42. The van der Waals surface area contributed by atoms with Gasteiger partial charge in [0, 0.05) is 18.1 Å². The Morgan fingerprint density at radius 1 is 1.30 bits per heavy atom. The summed E-state index contributed by atoms with van der Waals surface area (Å²) in [5.74, 6) is -0.186. The fraction of sp³-hybridized carbons (Fsp3) is 0.625. The van der Waals surface area contributed by atoms with E-state index in [9.17, 15) is 4.39 Å². The maximum atomic E-state index is 14.2. The van der Waals surface area contributed by atoms with Crippen LogP contribution in [0.25, 0.3) is 0 Å². The van der Waals surface area contributed by atoms with Gasteiger partial charge >= 0.3 is 0 Å². The number of halogens is 2. The molecule has 2 heterocycles. The lowest BCUT2D eigenvalue weighted by Gasteiger charge is -2.41. The van der Waals surface area contributed by atoms with Gasteiger partial charge in [0.15, 0.2) is 0 Å². The number of piperidine rings is 1. The van der Waals surface area contributed by atoms with Crippen molar-refractivity contribution < 1.29 is 4.39 Å². The maximum absolute atomic E-state index is 14.2. The number of nitrogens with one attached hydrogen (secondary N) is 1. The quantitative estimate of drug-likeness (QED) is 0.904. The minimum absolute atomic E-state index is 0.186. The number of anilines is 1. The Labute approximate surface area is 125 Å². The Morgan fingerprint density at radius 3 is 2.60 bits per heavy atom. The SMILES string of the molecule is CCCNC1CC2CCC(C1)N2c1c(F)cccc1Cl. The maximum Gasteiger partial charge on any atom is 0.148 e. The first-order valence-electron chi connectivity index (χ1n) is 7.66. The van der Waals surface area contributed by atoms with Crippen LogP contribution in [0.15, 0.2) is 18.2 Å². The summed E-state index contributed by atoms with van der Waals surface area (Å²) in [5, 5.41) is 4.16. The van der Waals surface area contributed by atoms with Gasteiger partial charge in [0.25, 0.3) is 0 Å². The number of benzene rings is 1. The minimum Gasteiger partial charge on any atom is -0.362 e. The van der Waals surface area contributed by atoms with Gasteiger partial charge in [-0.2, -0.15) is 0 Å². The van der Waals surface area contributed by atoms with Crippen molar-refractivity contribution in [1.82, 2.24) is 5.32 Å². The highest BCUT2D eigenvalue weighted by Crippen LogP contribution is 2.43. The summed E-state index contributed by atoms with van der Waals surface area (Å²) in [6.45, 7) is 3.26. The molecule has 4 heteroatoms. The lowest BCUT2D eigenvalue weighted by Crippen LogP contribution is -2.49. The zero-order chi connectivity index (χ0) is 14.1. The van der Waals surface area contributed by atoms with Crippen molar-refractivity contribution in [2.75, 3.05) is 11.4 Å². The molecule has 2 unspecified atom stereocenters. The molecule has 1 aromatic carbocycles. The molecule has 0 amide bonds. The molecule has 0 aromatic heterocycles. The molecule has 2 fully saturated rings. The van der Waals surface area contributed by atoms with Crippen molar-refractivity contribution in [1.29, 1.82) is 0 Å². The summed E-state index contributed by atoms with van der Waals surface area (Å²) in [4.78, 5) is 2.25. The van der Waals surface area contributed by atoms with E-state index in [1.54, 1.807) is 12.1 Å². The van der Waals surface area contributed by atoms with Crippen molar-refractivity contribution in [2.45, 2.75) is 57.2 Å². The molecular weight excluding hydrogens is 275 g/mol. The molecular formula is C16H22ClFN2. The summed E-state index contributed by atoms with van der Waals surface area (Å²) in [6.07, 6.45) is 5.66. The largest absolute Gasteiger partial charge is 0.362 e. The molecule has 1 N–H and O–H groups in total. The summed E-state index contributed by atoms with van der Waals surface area (Å²) < 4.78 is 14.2. The normalized spacial score (nSPS) is 28.9. The first-order valence-corrected chi connectivity index (χ1v) is 8.04. The standard InChI is InChI=1S/C16H22ClFN2/c1-2-8-19-11-9-12-6-7-13(10-11)20(12)16-14(17)4-3-5-15(16)18/h3-5,11-13,19H,2,6-10H2,1H3.